The molecule has 3 N–H and O–H groups in total. The molecule has 2 rings (SSSR count). The second kappa shape index (κ2) is 6.17. The normalized spacial score (nSPS) is 25.1. The third-order valence-corrected chi connectivity index (χ3v) is 3.95. The lowest BCUT2D eigenvalue weighted by atomic mass is 9.92. The molecule has 1 saturated heterocycles. The predicted octanol–water partition coefficient (Wildman–Crippen LogP) is 1.31. The molecule has 0 bridgehead atoms. The molecule has 19 heavy (non-hydrogen) atoms. The number of nitrogens with two attached hydrogens (primary N) is 1. The number of likely N-dealkylation sites (tertiary alicyclic amines) is 1. The molecule has 0 aromatic heterocycles. The van der Waals surface area contributed by atoms with Crippen molar-refractivity contribution in [1.29, 1.82) is 0 Å². The number of carbonyl (C=O) groups is 1. The molecule has 1 aliphatic rings. The third kappa shape index (κ3) is 3.14. The summed E-state index contributed by atoms with van der Waals surface area (Å²) in [6, 6.07) is 9.25. The van der Waals surface area contributed by atoms with Gasteiger partial charge in [-0.3, -0.25) is 4.79 Å². The van der Waals surface area contributed by atoms with Crippen molar-refractivity contribution in [3.05, 3.63) is 35.9 Å². The van der Waals surface area contributed by atoms with E-state index in [-0.39, 0.29) is 11.9 Å². The first-order chi connectivity index (χ1) is 9.13. The number of aliphatic hydroxyl groups is 1. The number of benzene rings is 1. The van der Waals surface area contributed by atoms with Gasteiger partial charge in [0.1, 0.15) is 0 Å². The highest BCUT2D eigenvalue weighted by Crippen LogP contribution is 2.25. The maximum Gasteiger partial charge on any atom is 0.256 e. The molecule has 104 valence electrons. The maximum atomic E-state index is 12.4. The molecule has 1 aromatic rings. The van der Waals surface area contributed by atoms with Crippen molar-refractivity contribution in [1.82, 2.24) is 4.90 Å². The predicted molar refractivity (Wildman–Crippen MR) is 74.4 cm³/mol. The van der Waals surface area contributed by atoms with Crippen molar-refractivity contribution < 1.29 is 9.90 Å². The largest absolute Gasteiger partial charge is 0.378 e. The monoisotopic (exact) mass is 262 g/mol. The lowest BCUT2D eigenvalue weighted by Crippen LogP contribution is -2.48. The van der Waals surface area contributed by atoms with Crippen molar-refractivity contribution >= 4 is 5.91 Å². The number of hydrogen-bond donors (Lipinski definition) is 2. The van der Waals surface area contributed by atoms with E-state index >= 15 is 0 Å². The van der Waals surface area contributed by atoms with Crippen molar-refractivity contribution in [3.63, 3.8) is 0 Å². The van der Waals surface area contributed by atoms with Crippen LogP contribution in [0.2, 0.25) is 0 Å². The molecule has 1 aliphatic heterocycles. The van der Waals surface area contributed by atoms with E-state index in [1.54, 1.807) is 17.0 Å². The molecule has 3 unspecified atom stereocenters. The van der Waals surface area contributed by atoms with E-state index in [2.05, 4.69) is 0 Å². The van der Waals surface area contributed by atoms with Gasteiger partial charge in [0.15, 0.2) is 6.10 Å². The quantitative estimate of drug-likeness (QED) is 0.863. The Balaban J connectivity index is 2.09. The van der Waals surface area contributed by atoms with Crippen LogP contribution in [0.15, 0.2) is 30.3 Å². The van der Waals surface area contributed by atoms with Crippen LogP contribution in [0.1, 0.15) is 31.4 Å². The number of carbonyl (C=O) groups excluding carboxylic acids is 1. The summed E-state index contributed by atoms with van der Waals surface area (Å²) in [6.07, 6.45) is 0.943. The highest BCUT2D eigenvalue weighted by Gasteiger charge is 2.32. The standard InChI is InChI=1S/C15H22N2O2/c1-11-7-8-12(9-16)10-17(11)15(19)14(18)13-5-3-2-4-6-13/h2-6,11-12,14,18H,7-10,16H2,1H3. The zero-order valence-corrected chi connectivity index (χ0v) is 11.3. The first-order valence-electron chi connectivity index (χ1n) is 6.87. The third-order valence-electron chi connectivity index (χ3n) is 3.95. The van der Waals surface area contributed by atoms with Gasteiger partial charge in [0.05, 0.1) is 0 Å². The van der Waals surface area contributed by atoms with Gasteiger partial charge in [-0.05, 0) is 37.8 Å². The van der Waals surface area contributed by atoms with Gasteiger partial charge in [-0.2, -0.15) is 0 Å². The lowest BCUT2D eigenvalue weighted by Gasteiger charge is -2.38. The van der Waals surface area contributed by atoms with E-state index in [1.807, 2.05) is 25.1 Å². The van der Waals surface area contributed by atoms with Gasteiger partial charge >= 0.3 is 0 Å². The van der Waals surface area contributed by atoms with Gasteiger partial charge in [-0.1, -0.05) is 30.3 Å². The smallest absolute Gasteiger partial charge is 0.256 e. The fourth-order valence-corrected chi connectivity index (χ4v) is 2.62. The second-order valence-corrected chi connectivity index (χ2v) is 5.33. The SMILES string of the molecule is CC1CCC(CN)CN1C(=O)C(O)c1ccccc1. The zero-order chi connectivity index (χ0) is 13.8. The molecule has 1 heterocycles. The molecule has 3 atom stereocenters. The first-order valence-corrected chi connectivity index (χ1v) is 6.87. The number of amides is 1. The molecule has 1 fully saturated rings. The van der Waals surface area contributed by atoms with Crippen LogP contribution in [0, 0.1) is 5.92 Å². The molecule has 0 saturated carbocycles. The van der Waals surface area contributed by atoms with Gasteiger partial charge < -0.3 is 15.7 Å². The Bertz CT molecular complexity index is 421. The first kappa shape index (κ1) is 14.0. The number of hydrogen-bond acceptors (Lipinski definition) is 3. The van der Waals surface area contributed by atoms with Crippen LogP contribution in [-0.4, -0.2) is 35.0 Å². The van der Waals surface area contributed by atoms with E-state index < -0.39 is 6.10 Å². The molecular formula is C15H22N2O2. The molecule has 1 aromatic carbocycles. The second-order valence-electron chi connectivity index (χ2n) is 5.33. The molecule has 1 amide bonds. The van der Waals surface area contributed by atoms with E-state index in [4.69, 9.17) is 5.73 Å². The Hall–Kier alpha value is -1.39. The van der Waals surface area contributed by atoms with Crippen LogP contribution in [0.4, 0.5) is 0 Å². The van der Waals surface area contributed by atoms with Crippen LogP contribution in [-0.2, 0) is 4.79 Å². The summed E-state index contributed by atoms with van der Waals surface area (Å²) in [5.41, 5.74) is 6.35. The van der Waals surface area contributed by atoms with Crippen molar-refractivity contribution in [2.24, 2.45) is 11.7 Å². The summed E-state index contributed by atoms with van der Waals surface area (Å²) in [7, 11) is 0. The zero-order valence-electron chi connectivity index (χ0n) is 11.3. The van der Waals surface area contributed by atoms with Crippen LogP contribution in [0.5, 0.6) is 0 Å². The number of rotatable bonds is 3. The van der Waals surface area contributed by atoms with Gasteiger partial charge in [-0.15, -0.1) is 0 Å². The van der Waals surface area contributed by atoms with E-state index in [0.29, 0.717) is 24.6 Å². The fraction of sp³-hybridized carbons (Fsp3) is 0.533. The van der Waals surface area contributed by atoms with Gasteiger partial charge in [0.2, 0.25) is 0 Å². The Kier molecular flexibility index (Phi) is 4.56. The van der Waals surface area contributed by atoms with E-state index in [0.717, 1.165) is 12.8 Å². The summed E-state index contributed by atoms with van der Waals surface area (Å²) in [4.78, 5) is 14.2. The number of piperidine rings is 1. The van der Waals surface area contributed by atoms with E-state index in [9.17, 15) is 9.90 Å². The summed E-state index contributed by atoms with van der Waals surface area (Å²) in [6.45, 7) is 3.28. The van der Waals surface area contributed by atoms with Crippen LogP contribution in [0.25, 0.3) is 0 Å². The lowest BCUT2D eigenvalue weighted by molar-refractivity contribution is -0.145. The minimum atomic E-state index is -1.07. The average molecular weight is 262 g/mol. The average Bonchev–Trinajstić information content (AvgIpc) is 2.47. The molecule has 0 aliphatic carbocycles. The topological polar surface area (TPSA) is 66.6 Å². The summed E-state index contributed by atoms with van der Waals surface area (Å²) in [5, 5.41) is 10.2. The molecule has 4 heteroatoms. The summed E-state index contributed by atoms with van der Waals surface area (Å²) >= 11 is 0. The Labute approximate surface area is 114 Å². The minimum absolute atomic E-state index is 0.175. The van der Waals surface area contributed by atoms with Gasteiger partial charge in [-0.25, -0.2) is 0 Å². The number of aliphatic hydroxyl groups excluding tert-OH is 1. The molecule has 0 radical (unpaired) electrons. The Morgan fingerprint density at radius 2 is 2.11 bits per heavy atom. The maximum absolute atomic E-state index is 12.4. The fourth-order valence-electron chi connectivity index (χ4n) is 2.62. The van der Waals surface area contributed by atoms with Crippen LogP contribution < -0.4 is 5.73 Å². The van der Waals surface area contributed by atoms with Gasteiger partial charge in [0, 0.05) is 12.6 Å². The minimum Gasteiger partial charge on any atom is -0.378 e. The Morgan fingerprint density at radius 1 is 1.42 bits per heavy atom. The van der Waals surface area contributed by atoms with Gasteiger partial charge in [0.25, 0.3) is 5.91 Å². The highest BCUT2D eigenvalue weighted by molar-refractivity contribution is 5.82. The Morgan fingerprint density at radius 3 is 2.74 bits per heavy atom. The van der Waals surface area contributed by atoms with Crippen molar-refractivity contribution in [2.45, 2.75) is 31.9 Å². The summed E-state index contributed by atoms with van der Waals surface area (Å²) in [5.74, 6) is 0.139. The van der Waals surface area contributed by atoms with Crippen LogP contribution >= 0.6 is 0 Å². The van der Waals surface area contributed by atoms with Crippen molar-refractivity contribution in [3.8, 4) is 0 Å². The molecule has 0 spiro atoms. The van der Waals surface area contributed by atoms with E-state index in [1.165, 1.54) is 0 Å². The summed E-state index contributed by atoms with van der Waals surface area (Å²) < 4.78 is 0. The number of nitrogens with zero attached hydrogens (tertiary/aromatic N) is 1. The highest BCUT2D eigenvalue weighted by atomic mass is 16.3. The van der Waals surface area contributed by atoms with Crippen molar-refractivity contribution in [2.75, 3.05) is 13.1 Å². The molecule has 4 nitrogen and oxygen atoms in total. The van der Waals surface area contributed by atoms with Crippen LogP contribution in [0.3, 0.4) is 0 Å². The molecular weight excluding hydrogens is 240 g/mol.